The summed E-state index contributed by atoms with van der Waals surface area (Å²) >= 11 is 0. The zero-order valence-corrected chi connectivity index (χ0v) is 16.7. The molecule has 7 heteroatoms. The molecule has 1 amide bonds. The molecule has 0 radical (unpaired) electrons. The molecule has 0 unspecified atom stereocenters. The number of nitrogens with two attached hydrogens (primary N) is 1. The van der Waals surface area contributed by atoms with Gasteiger partial charge in [-0.2, -0.15) is 0 Å². The molecule has 0 spiro atoms. The van der Waals surface area contributed by atoms with Crippen LogP contribution in [0.3, 0.4) is 0 Å². The summed E-state index contributed by atoms with van der Waals surface area (Å²) in [6.07, 6.45) is 3.40. The average Bonchev–Trinajstić information content (AvgIpc) is 2.75. The van der Waals surface area contributed by atoms with Gasteiger partial charge in [-0.3, -0.25) is 9.78 Å². The maximum Gasteiger partial charge on any atom is 0.253 e. The highest BCUT2D eigenvalue weighted by atomic mass is 16.2. The van der Waals surface area contributed by atoms with E-state index >= 15 is 0 Å². The Morgan fingerprint density at radius 3 is 2.28 bits per heavy atom. The summed E-state index contributed by atoms with van der Waals surface area (Å²) in [6.45, 7) is 5.26. The molecule has 1 saturated heterocycles. The number of amides is 1. The summed E-state index contributed by atoms with van der Waals surface area (Å²) in [5.41, 5.74) is 10.7. The van der Waals surface area contributed by atoms with Crippen molar-refractivity contribution >= 4 is 11.7 Å². The Labute approximate surface area is 170 Å². The summed E-state index contributed by atoms with van der Waals surface area (Å²) in [4.78, 5) is 30.2. The summed E-state index contributed by atoms with van der Waals surface area (Å²) in [7, 11) is 2.07. The lowest BCUT2D eigenvalue weighted by Gasteiger charge is -2.32. The second-order valence-electron chi connectivity index (χ2n) is 7.35. The molecule has 0 aliphatic carbocycles. The fourth-order valence-corrected chi connectivity index (χ4v) is 3.33. The molecule has 1 aliphatic heterocycles. The molecule has 148 valence electrons. The number of piperazine rings is 1. The Kier molecular flexibility index (Phi) is 5.22. The quantitative estimate of drug-likeness (QED) is 0.742. The standard InChI is InChI=1S/C22H24N6O/c1-15-3-4-18(13-24-15)20-21(23)25-14-19(26-20)16-5-7-17(8-6-16)22(29)28-11-9-27(2)10-12-28/h3-8,13-14H,9-12H2,1-2H3,(H2,23,25). The first-order chi connectivity index (χ1) is 14.0. The van der Waals surface area contributed by atoms with Gasteiger partial charge in [0.2, 0.25) is 0 Å². The van der Waals surface area contributed by atoms with Gasteiger partial charge < -0.3 is 15.5 Å². The number of aromatic nitrogens is 3. The molecule has 7 nitrogen and oxygen atoms in total. The first-order valence-electron chi connectivity index (χ1n) is 9.65. The smallest absolute Gasteiger partial charge is 0.253 e. The maximum atomic E-state index is 12.7. The number of nitrogen functional groups attached to an aromatic ring is 1. The second kappa shape index (κ2) is 7.97. The van der Waals surface area contributed by atoms with Gasteiger partial charge in [0.1, 0.15) is 11.5 Å². The zero-order chi connectivity index (χ0) is 20.4. The van der Waals surface area contributed by atoms with E-state index in [1.807, 2.05) is 48.2 Å². The minimum atomic E-state index is 0.0689. The number of nitrogens with zero attached hydrogens (tertiary/aromatic N) is 5. The molecule has 3 aromatic rings. The predicted molar refractivity (Wildman–Crippen MR) is 113 cm³/mol. The van der Waals surface area contributed by atoms with E-state index in [1.54, 1.807) is 12.4 Å². The highest BCUT2D eigenvalue weighted by Crippen LogP contribution is 2.26. The van der Waals surface area contributed by atoms with Crippen molar-refractivity contribution < 1.29 is 4.79 Å². The third-order valence-electron chi connectivity index (χ3n) is 5.20. The lowest BCUT2D eigenvalue weighted by atomic mass is 10.1. The van der Waals surface area contributed by atoms with Crippen molar-refractivity contribution in [3.63, 3.8) is 0 Å². The molecule has 1 aromatic carbocycles. The minimum Gasteiger partial charge on any atom is -0.382 e. The summed E-state index contributed by atoms with van der Waals surface area (Å²) < 4.78 is 0. The van der Waals surface area contributed by atoms with E-state index in [2.05, 4.69) is 26.9 Å². The number of aryl methyl sites for hydroxylation is 1. The highest BCUT2D eigenvalue weighted by Gasteiger charge is 2.20. The lowest BCUT2D eigenvalue weighted by Crippen LogP contribution is -2.47. The van der Waals surface area contributed by atoms with E-state index in [9.17, 15) is 4.79 Å². The third-order valence-corrected chi connectivity index (χ3v) is 5.20. The van der Waals surface area contributed by atoms with E-state index in [4.69, 9.17) is 5.73 Å². The van der Waals surface area contributed by atoms with Gasteiger partial charge in [0.25, 0.3) is 5.91 Å². The largest absolute Gasteiger partial charge is 0.382 e. The van der Waals surface area contributed by atoms with Crippen molar-refractivity contribution in [3.8, 4) is 22.5 Å². The Balaban J connectivity index is 1.57. The Hall–Kier alpha value is -3.32. The van der Waals surface area contributed by atoms with Gasteiger partial charge in [0.15, 0.2) is 0 Å². The molecule has 1 fully saturated rings. The first kappa shape index (κ1) is 19.0. The number of pyridine rings is 1. The molecule has 2 N–H and O–H groups in total. The van der Waals surface area contributed by atoms with Crippen LogP contribution in [-0.2, 0) is 0 Å². The monoisotopic (exact) mass is 388 g/mol. The fourth-order valence-electron chi connectivity index (χ4n) is 3.33. The van der Waals surface area contributed by atoms with E-state index in [0.717, 1.165) is 43.0 Å². The van der Waals surface area contributed by atoms with Crippen LogP contribution in [0.2, 0.25) is 0 Å². The summed E-state index contributed by atoms with van der Waals surface area (Å²) in [5.74, 6) is 0.431. The van der Waals surface area contributed by atoms with Crippen LogP contribution in [0.4, 0.5) is 5.82 Å². The molecular formula is C22H24N6O. The van der Waals surface area contributed by atoms with Crippen molar-refractivity contribution in [1.82, 2.24) is 24.8 Å². The van der Waals surface area contributed by atoms with Crippen molar-refractivity contribution in [1.29, 1.82) is 0 Å². The second-order valence-corrected chi connectivity index (χ2v) is 7.35. The van der Waals surface area contributed by atoms with E-state index < -0.39 is 0 Å². The number of hydrogen-bond acceptors (Lipinski definition) is 6. The van der Waals surface area contributed by atoms with Gasteiger partial charge in [-0.1, -0.05) is 12.1 Å². The maximum absolute atomic E-state index is 12.7. The van der Waals surface area contributed by atoms with Crippen LogP contribution in [-0.4, -0.2) is 63.9 Å². The molecular weight excluding hydrogens is 364 g/mol. The van der Waals surface area contributed by atoms with Crippen LogP contribution in [0.15, 0.2) is 48.8 Å². The molecule has 0 atom stereocenters. The first-order valence-corrected chi connectivity index (χ1v) is 9.65. The van der Waals surface area contributed by atoms with Gasteiger partial charge in [-0.15, -0.1) is 0 Å². The molecule has 1 aliphatic rings. The normalized spacial score (nSPS) is 14.8. The van der Waals surface area contributed by atoms with Crippen molar-refractivity contribution in [3.05, 3.63) is 60.0 Å². The molecule has 0 bridgehead atoms. The average molecular weight is 388 g/mol. The van der Waals surface area contributed by atoms with Gasteiger partial charge >= 0.3 is 0 Å². The van der Waals surface area contributed by atoms with E-state index in [0.29, 0.717) is 22.8 Å². The van der Waals surface area contributed by atoms with Gasteiger partial charge in [0, 0.05) is 54.8 Å². The zero-order valence-electron chi connectivity index (χ0n) is 16.7. The fraction of sp³-hybridized carbons (Fsp3) is 0.273. The van der Waals surface area contributed by atoms with Crippen molar-refractivity contribution in [2.75, 3.05) is 39.0 Å². The minimum absolute atomic E-state index is 0.0689. The van der Waals surface area contributed by atoms with Crippen LogP contribution in [0, 0.1) is 6.92 Å². The number of carbonyl (C=O) groups is 1. The van der Waals surface area contributed by atoms with Crippen LogP contribution in [0.5, 0.6) is 0 Å². The Bertz CT molecular complexity index is 1010. The molecule has 0 saturated carbocycles. The van der Waals surface area contributed by atoms with Gasteiger partial charge in [-0.05, 0) is 38.2 Å². The summed E-state index contributed by atoms with van der Waals surface area (Å²) in [5, 5.41) is 0. The lowest BCUT2D eigenvalue weighted by molar-refractivity contribution is 0.0664. The summed E-state index contributed by atoms with van der Waals surface area (Å²) in [6, 6.07) is 11.4. The molecule has 29 heavy (non-hydrogen) atoms. The number of benzene rings is 1. The number of hydrogen-bond donors (Lipinski definition) is 1. The SMILES string of the molecule is Cc1ccc(-c2nc(-c3ccc(C(=O)N4CCN(C)CC4)cc3)cnc2N)cn1. The van der Waals surface area contributed by atoms with Crippen molar-refractivity contribution in [2.24, 2.45) is 0 Å². The van der Waals surface area contributed by atoms with Gasteiger partial charge in [-0.25, -0.2) is 9.97 Å². The van der Waals surface area contributed by atoms with Crippen LogP contribution < -0.4 is 5.73 Å². The Morgan fingerprint density at radius 2 is 1.62 bits per heavy atom. The molecule has 3 heterocycles. The number of rotatable bonds is 3. The number of carbonyl (C=O) groups excluding carboxylic acids is 1. The van der Waals surface area contributed by atoms with Crippen LogP contribution in [0.1, 0.15) is 16.1 Å². The Morgan fingerprint density at radius 1 is 0.931 bits per heavy atom. The topological polar surface area (TPSA) is 88.2 Å². The number of anilines is 1. The highest BCUT2D eigenvalue weighted by molar-refractivity contribution is 5.94. The van der Waals surface area contributed by atoms with Crippen molar-refractivity contribution in [2.45, 2.75) is 6.92 Å². The molecule has 2 aromatic heterocycles. The third kappa shape index (κ3) is 4.09. The van der Waals surface area contributed by atoms with Crippen LogP contribution in [0.25, 0.3) is 22.5 Å². The predicted octanol–water partition coefficient (Wildman–Crippen LogP) is 2.48. The van der Waals surface area contributed by atoms with E-state index in [-0.39, 0.29) is 5.91 Å². The number of likely N-dealkylation sites (N-methyl/N-ethyl adjacent to an activating group) is 1. The van der Waals surface area contributed by atoms with E-state index in [1.165, 1.54) is 0 Å². The van der Waals surface area contributed by atoms with Crippen LogP contribution >= 0.6 is 0 Å². The molecule has 4 rings (SSSR count). The van der Waals surface area contributed by atoms with Gasteiger partial charge in [0.05, 0.1) is 11.9 Å².